The molecular weight excluding hydrogens is 234 g/mol. The highest BCUT2D eigenvalue weighted by molar-refractivity contribution is 5.92. The van der Waals surface area contributed by atoms with Crippen molar-refractivity contribution in [3.8, 4) is 0 Å². The van der Waals surface area contributed by atoms with Crippen LogP contribution in [0.3, 0.4) is 0 Å². The van der Waals surface area contributed by atoms with Gasteiger partial charge in [-0.15, -0.1) is 0 Å². The highest BCUT2D eigenvalue weighted by Gasteiger charge is 2.30. The lowest BCUT2D eigenvalue weighted by molar-refractivity contribution is -0.00225. The molecule has 1 N–H and O–H groups in total. The van der Waals surface area contributed by atoms with Crippen LogP contribution >= 0.6 is 0 Å². The maximum absolute atomic E-state index is 12.1. The summed E-state index contributed by atoms with van der Waals surface area (Å²) < 4.78 is 1.15. The molecule has 1 aliphatic rings. The van der Waals surface area contributed by atoms with Gasteiger partial charge in [-0.3, -0.25) is 9.59 Å². The van der Waals surface area contributed by atoms with Crippen molar-refractivity contribution in [1.82, 2.24) is 14.7 Å². The Morgan fingerprint density at radius 2 is 2.00 bits per heavy atom. The van der Waals surface area contributed by atoms with Crippen molar-refractivity contribution in [1.29, 1.82) is 0 Å². The van der Waals surface area contributed by atoms with Gasteiger partial charge in [0.2, 0.25) is 0 Å². The van der Waals surface area contributed by atoms with Crippen molar-refractivity contribution < 1.29 is 9.90 Å². The third-order valence-electron chi connectivity index (χ3n) is 3.31. The fourth-order valence-electron chi connectivity index (χ4n) is 1.97. The SMILES string of the molecule is Cn1nc(C(=O)N2CCC(C)(O)CC2)ccc1=O. The van der Waals surface area contributed by atoms with Gasteiger partial charge in [0.1, 0.15) is 5.69 Å². The van der Waals surface area contributed by atoms with E-state index in [2.05, 4.69) is 5.10 Å². The number of aryl methyl sites for hydroxylation is 1. The van der Waals surface area contributed by atoms with Gasteiger partial charge in [0.05, 0.1) is 5.60 Å². The summed E-state index contributed by atoms with van der Waals surface area (Å²) in [6.45, 7) is 2.80. The van der Waals surface area contributed by atoms with Crippen LogP contribution < -0.4 is 5.56 Å². The number of carbonyl (C=O) groups is 1. The van der Waals surface area contributed by atoms with E-state index in [1.54, 1.807) is 11.8 Å². The van der Waals surface area contributed by atoms with Crippen LogP contribution in [0.2, 0.25) is 0 Å². The summed E-state index contributed by atoms with van der Waals surface area (Å²) in [5.74, 6) is -0.193. The molecule has 0 saturated carbocycles. The second-order valence-corrected chi connectivity index (χ2v) is 4.97. The molecule has 1 aliphatic heterocycles. The minimum atomic E-state index is -0.687. The van der Waals surface area contributed by atoms with Crippen LogP contribution in [0.1, 0.15) is 30.3 Å². The average Bonchev–Trinajstić information content (AvgIpc) is 2.32. The van der Waals surface area contributed by atoms with E-state index >= 15 is 0 Å². The van der Waals surface area contributed by atoms with Gasteiger partial charge < -0.3 is 10.0 Å². The standard InChI is InChI=1S/C12H17N3O3/c1-12(18)5-7-15(8-6-12)11(17)9-3-4-10(16)14(2)13-9/h3-4,18H,5-8H2,1-2H3. The Morgan fingerprint density at radius 1 is 1.39 bits per heavy atom. The fourth-order valence-corrected chi connectivity index (χ4v) is 1.97. The summed E-state index contributed by atoms with van der Waals surface area (Å²) in [4.78, 5) is 25.0. The van der Waals surface area contributed by atoms with Crippen molar-refractivity contribution in [2.45, 2.75) is 25.4 Å². The first-order valence-corrected chi connectivity index (χ1v) is 5.95. The smallest absolute Gasteiger partial charge is 0.274 e. The quantitative estimate of drug-likeness (QED) is 0.748. The molecule has 0 spiro atoms. The molecule has 6 nitrogen and oxygen atoms in total. The van der Waals surface area contributed by atoms with Crippen LogP contribution in [0.25, 0.3) is 0 Å². The summed E-state index contributed by atoms with van der Waals surface area (Å²) in [5.41, 5.74) is -0.667. The highest BCUT2D eigenvalue weighted by atomic mass is 16.3. The van der Waals surface area contributed by atoms with Crippen molar-refractivity contribution in [3.63, 3.8) is 0 Å². The Bertz CT molecular complexity index is 512. The number of amides is 1. The summed E-state index contributed by atoms with van der Waals surface area (Å²) in [6.07, 6.45) is 1.12. The first-order chi connectivity index (χ1) is 8.39. The molecular formula is C12H17N3O3. The van der Waals surface area contributed by atoms with E-state index in [4.69, 9.17) is 0 Å². The third-order valence-corrected chi connectivity index (χ3v) is 3.31. The number of piperidine rings is 1. The summed E-state index contributed by atoms with van der Waals surface area (Å²) >= 11 is 0. The second kappa shape index (κ2) is 4.53. The molecule has 0 radical (unpaired) electrons. The third kappa shape index (κ3) is 2.59. The Balaban J connectivity index is 2.12. The van der Waals surface area contributed by atoms with Crippen LogP contribution in [0.15, 0.2) is 16.9 Å². The fraction of sp³-hybridized carbons (Fsp3) is 0.583. The Labute approximate surface area is 105 Å². The molecule has 1 saturated heterocycles. The van der Waals surface area contributed by atoms with Gasteiger partial charge in [-0.2, -0.15) is 5.10 Å². The monoisotopic (exact) mass is 251 g/mol. The molecule has 0 aromatic carbocycles. The number of carbonyl (C=O) groups excluding carboxylic acids is 1. The summed E-state index contributed by atoms with van der Waals surface area (Å²) in [6, 6.07) is 2.78. The van der Waals surface area contributed by atoms with Crippen LogP contribution in [-0.4, -0.2) is 44.4 Å². The predicted molar refractivity (Wildman–Crippen MR) is 65.2 cm³/mol. The van der Waals surface area contributed by atoms with Gasteiger partial charge in [0.15, 0.2) is 0 Å². The number of rotatable bonds is 1. The molecule has 98 valence electrons. The minimum Gasteiger partial charge on any atom is -0.390 e. The van der Waals surface area contributed by atoms with E-state index in [0.29, 0.717) is 25.9 Å². The van der Waals surface area contributed by atoms with Crippen molar-refractivity contribution in [2.24, 2.45) is 7.05 Å². The molecule has 2 rings (SSSR count). The molecule has 0 unspecified atom stereocenters. The van der Waals surface area contributed by atoms with Crippen LogP contribution in [0.5, 0.6) is 0 Å². The second-order valence-electron chi connectivity index (χ2n) is 4.97. The Morgan fingerprint density at radius 3 is 2.56 bits per heavy atom. The number of nitrogens with zero attached hydrogens (tertiary/aromatic N) is 3. The largest absolute Gasteiger partial charge is 0.390 e. The van der Waals surface area contributed by atoms with E-state index in [-0.39, 0.29) is 17.2 Å². The van der Waals surface area contributed by atoms with Crippen molar-refractivity contribution >= 4 is 5.91 Å². The van der Waals surface area contributed by atoms with Gasteiger partial charge in [0, 0.05) is 26.2 Å². The zero-order chi connectivity index (χ0) is 13.3. The lowest BCUT2D eigenvalue weighted by atomic mass is 9.94. The molecule has 0 atom stereocenters. The molecule has 18 heavy (non-hydrogen) atoms. The maximum Gasteiger partial charge on any atom is 0.274 e. The molecule has 6 heteroatoms. The Kier molecular flexibility index (Phi) is 3.21. The van der Waals surface area contributed by atoms with Gasteiger partial charge in [-0.25, -0.2) is 4.68 Å². The molecule has 1 aromatic rings. The van der Waals surface area contributed by atoms with Crippen LogP contribution in [0, 0.1) is 0 Å². The molecule has 1 aromatic heterocycles. The van der Waals surface area contributed by atoms with Crippen LogP contribution in [-0.2, 0) is 7.05 Å². The van der Waals surface area contributed by atoms with Crippen molar-refractivity contribution in [3.05, 3.63) is 28.2 Å². The van der Waals surface area contributed by atoms with E-state index < -0.39 is 5.60 Å². The molecule has 1 amide bonds. The topological polar surface area (TPSA) is 75.4 Å². The number of aromatic nitrogens is 2. The first kappa shape index (κ1) is 12.8. The van der Waals surface area contributed by atoms with Gasteiger partial charge >= 0.3 is 0 Å². The lowest BCUT2D eigenvalue weighted by Crippen LogP contribution is -2.45. The summed E-state index contributed by atoms with van der Waals surface area (Å²) in [7, 11) is 1.51. The van der Waals surface area contributed by atoms with Gasteiger partial charge in [-0.05, 0) is 25.8 Å². The molecule has 2 heterocycles. The zero-order valence-corrected chi connectivity index (χ0v) is 10.6. The number of hydrogen-bond donors (Lipinski definition) is 1. The normalized spacial score (nSPS) is 18.7. The molecule has 1 fully saturated rings. The van der Waals surface area contributed by atoms with Crippen LogP contribution in [0.4, 0.5) is 0 Å². The zero-order valence-electron chi connectivity index (χ0n) is 10.6. The van der Waals surface area contributed by atoms with Crippen molar-refractivity contribution in [2.75, 3.05) is 13.1 Å². The molecule has 0 bridgehead atoms. The van der Waals surface area contributed by atoms with E-state index in [1.807, 2.05) is 0 Å². The summed E-state index contributed by atoms with van der Waals surface area (Å²) in [5, 5.41) is 13.8. The number of likely N-dealkylation sites (tertiary alicyclic amines) is 1. The highest BCUT2D eigenvalue weighted by Crippen LogP contribution is 2.21. The lowest BCUT2D eigenvalue weighted by Gasteiger charge is -2.35. The minimum absolute atomic E-state index is 0.193. The predicted octanol–water partition coefficient (Wildman–Crippen LogP) is -0.233. The number of hydrogen-bond acceptors (Lipinski definition) is 4. The maximum atomic E-state index is 12.1. The van der Waals surface area contributed by atoms with E-state index in [9.17, 15) is 14.7 Å². The van der Waals surface area contributed by atoms with E-state index in [0.717, 1.165) is 4.68 Å². The Hall–Kier alpha value is -1.69. The molecule has 0 aliphatic carbocycles. The number of aliphatic hydroxyl groups is 1. The van der Waals surface area contributed by atoms with Gasteiger partial charge in [0.25, 0.3) is 11.5 Å². The average molecular weight is 251 g/mol. The van der Waals surface area contributed by atoms with Gasteiger partial charge in [-0.1, -0.05) is 0 Å². The van der Waals surface area contributed by atoms with E-state index in [1.165, 1.54) is 19.2 Å². The first-order valence-electron chi connectivity index (χ1n) is 5.95.